The largest absolute Gasteiger partial charge is 0.493 e. The molecule has 1 aromatic carbocycles. The van der Waals surface area contributed by atoms with Crippen LogP contribution >= 0.6 is 11.6 Å². The van der Waals surface area contributed by atoms with E-state index in [4.69, 9.17) is 30.9 Å². The van der Waals surface area contributed by atoms with Gasteiger partial charge in [0.1, 0.15) is 6.61 Å². The van der Waals surface area contributed by atoms with Gasteiger partial charge in [0.2, 0.25) is 0 Å². The summed E-state index contributed by atoms with van der Waals surface area (Å²) < 4.78 is 16.0. The van der Waals surface area contributed by atoms with Crippen molar-refractivity contribution in [1.29, 1.82) is 0 Å². The Morgan fingerprint density at radius 1 is 1.45 bits per heavy atom. The lowest BCUT2D eigenvalue weighted by Crippen LogP contribution is -2.16. The average molecular weight is 301 g/mol. The smallest absolute Gasteiger partial charge is 0.328 e. The van der Waals surface area contributed by atoms with Crippen LogP contribution in [0.15, 0.2) is 18.2 Å². The van der Waals surface area contributed by atoms with E-state index in [1.54, 1.807) is 19.2 Å². The zero-order chi connectivity index (χ0) is 15.1. The molecule has 110 valence electrons. The lowest BCUT2D eigenvalue weighted by atomic mass is 10.1. The van der Waals surface area contributed by atoms with Gasteiger partial charge < -0.3 is 19.3 Å². The Morgan fingerprint density at radius 3 is 2.70 bits per heavy atom. The van der Waals surface area contributed by atoms with Crippen molar-refractivity contribution < 1.29 is 24.1 Å². The molecule has 1 unspecified atom stereocenters. The highest BCUT2D eigenvalue weighted by atomic mass is 35.5. The molecule has 0 spiro atoms. The van der Waals surface area contributed by atoms with Gasteiger partial charge in [-0.3, -0.25) is 0 Å². The van der Waals surface area contributed by atoms with E-state index < -0.39 is 5.97 Å². The molecule has 6 heteroatoms. The number of hydrogen-bond donors (Lipinski definition) is 1. The van der Waals surface area contributed by atoms with Crippen molar-refractivity contribution in [2.24, 2.45) is 0 Å². The summed E-state index contributed by atoms with van der Waals surface area (Å²) in [5.74, 6) is -0.190. The number of carboxylic acid groups (broad SMARTS) is 1. The first-order valence-corrected chi connectivity index (χ1v) is 6.29. The van der Waals surface area contributed by atoms with Crippen molar-refractivity contribution in [1.82, 2.24) is 0 Å². The molecular weight excluding hydrogens is 284 g/mol. The van der Waals surface area contributed by atoms with Gasteiger partial charge >= 0.3 is 5.97 Å². The maximum Gasteiger partial charge on any atom is 0.328 e. The Kier molecular flexibility index (Phi) is 6.35. The van der Waals surface area contributed by atoms with Gasteiger partial charge in [-0.2, -0.15) is 0 Å². The van der Waals surface area contributed by atoms with Gasteiger partial charge in [0.25, 0.3) is 0 Å². The number of ether oxygens (including phenoxy) is 3. The van der Waals surface area contributed by atoms with Crippen LogP contribution in [0, 0.1) is 0 Å². The normalized spacial score (nSPS) is 12.4. The third-order valence-electron chi connectivity index (χ3n) is 2.54. The topological polar surface area (TPSA) is 65.0 Å². The summed E-state index contributed by atoms with van der Waals surface area (Å²) >= 11 is 5.96. The number of hydrogen-bond acceptors (Lipinski definition) is 4. The molecule has 0 bridgehead atoms. The molecule has 0 aliphatic carbocycles. The molecule has 0 heterocycles. The van der Waals surface area contributed by atoms with Crippen LogP contribution in [0.5, 0.6) is 11.5 Å². The zero-order valence-corrected chi connectivity index (χ0v) is 12.3. The van der Waals surface area contributed by atoms with Crippen molar-refractivity contribution >= 4 is 23.6 Å². The Morgan fingerprint density at radius 2 is 2.15 bits per heavy atom. The molecule has 20 heavy (non-hydrogen) atoms. The summed E-state index contributed by atoms with van der Waals surface area (Å²) in [7, 11) is 3.07. The summed E-state index contributed by atoms with van der Waals surface area (Å²) in [5.41, 5.74) is 0.528. The molecular formula is C14H17ClO5. The minimum absolute atomic E-state index is 0.105. The fraction of sp³-hybridized carbons (Fsp3) is 0.357. The maximum absolute atomic E-state index is 10.6. The van der Waals surface area contributed by atoms with Gasteiger partial charge in [0.05, 0.1) is 13.2 Å². The molecule has 0 aliphatic rings. The van der Waals surface area contributed by atoms with Gasteiger partial charge in [0, 0.05) is 29.8 Å². The first kappa shape index (κ1) is 16.3. The van der Waals surface area contributed by atoms with Gasteiger partial charge in [-0.25, -0.2) is 4.79 Å². The predicted molar refractivity (Wildman–Crippen MR) is 76.6 cm³/mol. The van der Waals surface area contributed by atoms with Crippen molar-refractivity contribution in [3.63, 3.8) is 0 Å². The molecule has 1 atom stereocenters. The quantitative estimate of drug-likeness (QED) is 0.784. The van der Waals surface area contributed by atoms with E-state index in [0.29, 0.717) is 28.7 Å². The van der Waals surface area contributed by atoms with Crippen molar-refractivity contribution in [2.45, 2.75) is 13.0 Å². The Hall–Kier alpha value is -1.72. The second kappa shape index (κ2) is 7.77. The highest BCUT2D eigenvalue weighted by Gasteiger charge is 2.13. The Labute approximate surface area is 122 Å². The number of rotatable bonds is 7. The second-order valence-electron chi connectivity index (χ2n) is 4.06. The number of methoxy groups -OCH3 is 2. The van der Waals surface area contributed by atoms with Crippen LogP contribution in [0.1, 0.15) is 12.5 Å². The molecule has 0 radical (unpaired) electrons. The highest BCUT2D eigenvalue weighted by Crippen LogP contribution is 2.35. The summed E-state index contributed by atoms with van der Waals surface area (Å²) in [5, 5.41) is 9.14. The highest BCUT2D eigenvalue weighted by molar-refractivity contribution is 6.31. The summed E-state index contributed by atoms with van der Waals surface area (Å²) in [6, 6.07) is 3.21. The Bertz CT molecular complexity index is 499. The maximum atomic E-state index is 10.6. The van der Waals surface area contributed by atoms with Crippen molar-refractivity contribution in [2.75, 3.05) is 20.8 Å². The number of aliphatic carboxylic acids is 1. The minimum Gasteiger partial charge on any atom is -0.493 e. The van der Waals surface area contributed by atoms with Crippen molar-refractivity contribution in [3.8, 4) is 11.5 Å². The predicted octanol–water partition coefficient (Wildman–Crippen LogP) is 2.86. The lowest BCUT2D eigenvalue weighted by molar-refractivity contribution is -0.131. The van der Waals surface area contributed by atoms with E-state index in [9.17, 15) is 4.79 Å². The second-order valence-corrected chi connectivity index (χ2v) is 4.49. The molecule has 0 aromatic heterocycles. The van der Waals surface area contributed by atoms with Crippen LogP contribution in [0.2, 0.25) is 5.02 Å². The summed E-state index contributed by atoms with van der Waals surface area (Å²) in [6.45, 7) is 2.16. The Balaban J connectivity index is 3.11. The van der Waals surface area contributed by atoms with E-state index in [2.05, 4.69) is 0 Å². The van der Waals surface area contributed by atoms with Gasteiger partial charge in [0.15, 0.2) is 11.5 Å². The van der Waals surface area contributed by atoms with Crippen LogP contribution in [-0.4, -0.2) is 38.0 Å². The molecule has 0 saturated carbocycles. The van der Waals surface area contributed by atoms with Crippen LogP contribution in [0.4, 0.5) is 0 Å². The standard InChI is InChI=1S/C14H17ClO5/c1-9(18-2)8-20-14-10(4-5-13(16)17)6-11(15)7-12(14)19-3/h4-7,9H,8H2,1-3H3,(H,16,17)/b5-4+. The van der Waals surface area contributed by atoms with E-state index in [-0.39, 0.29) is 6.10 Å². The van der Waals surface area contributed by atoms with Crippen LogP contribution in [-0.2, 0) is 9.53 Å². The SMILES string of the molecule is COc1cc(Cl)cc(/C=C/C(=O)O)c1OCC(C)OC. The number of carboxylic acids is 1. The number of halogens is 1. The first-order chi connectivity index (χ1) is 9.47. The first-order valence-electron chi connectivity index (χ1n) is 5.92. The molecule has 0 saturated heterocycles. The van der Waals surface area contributed by atoms with E-state index >= 15 is 0 Å². The van der Waals surface area contributed by atoms with Gasteiger partial charge in [-0.1, -0.05) is 11.6 Å². The number of benzene rings is 1. The average Bonchev–Trinajstić information content (AvgIpc) is 2.42. The van der Waals surface area contributed by atoms with Crippen molar-refractivity contribution in [3.05, 3.63) is 28.8 Å². The van der Waals surface area contributed by atoms with E-state index in [0.717, 1.165) is 6.08 Å². The third kappa shape index (κ3) is 4.75. The van der Waals surface area contributed by atoms with E-state index in [1.807, 2.05) is 6.92 Å². The van der Waals surface area contributed by atoms with Crippen LogP contribution in [0.25, 0.3) is 6.08 Å². The monoisotopic (exact) mass is 300 g/mol. The third-order valence-corrected chi connectivity index (χ3v) is 2.76. The minimum atomic E-state index is -1.06. The molecule has 5 nitrogen and oxygen atoms in total. The fourth-order valence-electron chi connectivity index (χ4n) is 1.45. The lowest BCUT2D eigenvalue weighted by Gasteiger charge is -2.16. The molecule has 1 aromatic rings. The molecule has 1 N–H and O–H groups in total. The zero-order valence-electron chi connectivity index (χ0n) is 11.6. The van der Waals surface area contributed by atoms with Crippen LogP contribution in [0.3, 0.4) is 0 Å². The molecule has 1 rings (SSSR count). The summed E-state index contributed by atoms with van der Waals surface area (Å²) in [4.78, 5) is 10.6. The fourth-order valence-corrected chi connectivity index (χ4v) is 1.67. The van der Waals surface area contributed by atoms with Crippen LogP contribution < -0.4 is 9.47 Å². The number of carbonyl (C=O) groups is 1. The molecule has 0 fully saturated rings. The molecule has 0 amide bonds. The molecule has 0 aliphatic heterocycles. The van der Waals surface area contributed by atoms with Gasteiger partial charge in [-0.05, 0) is 19.1 Å². The van der Waals surface area contributed by atoms with E-state index in [1.165, 1.54) is 13.2 Å². The van der Waals surface area contributed by atoms with Gasteiger partial charge in [-0.15, -0.1) is 0 Å². The summed E-state index contributed by atoms with van der Waals surface area (Å²) in [6.07, 6.45) is 2.31.